The molecule has 1 aromatic carbocycles. The van der Waals surface area contributed by atoms with E-state index in [4.69, 9.17) is 16.7 Å². The number of carboxylic acids is 1. The van der Waals surface area contributed by atoms with Crippen molar-refractivity contribution < 1.29 is 14.7 Å². The number of pyridine rings is 1. The van der Waals surface area contributed by atoms with Crippen molar-refractivity contribution in [1.82, 2.24) is 4.98 Å². The number of nitrogens with one attached hydrogen (secondary N) is 1. The minimum Gasteiger partial charge on any atom is -0.478 e. The highest BCUT2D eigenvalue weighted by molar-refractivity contribution is 6.34. The summed E-state index contributed by atoms with van der Waals surface area (Å²) in [7, 11) is 0. The van der Waals surface area contributed by atoms with Crippen molar-refractivity contribution in [3.8, 4) is 0 Å². The van der Waals surface area contributed by atoms with Crippen LogP contribution in [0, 0.1) is 0 Å². The molecule has 0 saturated carbocycles. The quantitative estimate of drug-likeness (QED) is 0.903. The Kier molecular flexibility index (Phi) is 3.77. The third-order valence-corrected chi connectivity index (χ3v) is 2.71. The van der Waals surface area contributed by atoms with Crippen molar-refractivity contribution >= 4 is 29.2 Å². The number of hydrogen-bond acceptors (Lipinski definition) is 3. The number of nitrogens with zero attached hydrogens (tertiary/aromatic N) is 1. The number of hydrogen-bond donors (Lipinski definition) is 2. The van der Waals surface area contributed by atoms with E-state index in [1.165, 1.54) is 24.4 Å². The van der Waals surface area contributed by atoms with E-state index in [2.05, 4.69) is 10.3 Å². The average molecular weight is 277 g/mol. The number of carbonyl (C=O) groups excluding carboxylic acids is 1. The van der Waals surface area contributed by atoms with Crippen LogP contribution >= 0.6 is 11.6 Å². The monoisotopic (exact) mass is 276 g/mol. The number of anilines is 1. The van der Waals surface area contributed by atoms with Crippen LogP contribution in [0.25, 0.3) is 0 Å². The molecule has 6 heteroatoms. The molecule has 0 saturated heterocycles. The van der Waals surface area contributed by atoms with Crippen LogP contribution in [-0.2, 0) is 0 Å². The maximum atomic E-state index is 11.9. The van der Waals surface area contributed by atoms with E-state index in [0.717, 1.165) is 0 Å². The third-order valence-electron chi connectivity index (χ3n) is 2.39. The highest BCUT2D eigenvalue weighted by Crippen LogP contribution is 2.23. The number of rotatable bonds is 3. The zero-order valence-electron chi connectivity index (χ0n) is 9.63. The van der Waals surface area contributed by atoms with Crippen LogP contribution in [0.5, 0.6) is 0 Å². The third kappa shape index (κ3) is 3.08. The lowest BCUT2D eigenvalue weighted by atomic mass is 10.2. The van der Waals surface area contributed by atoms with Crippen molar-refractivity contribution in [2.45, 2.75) is 0 Å². The summed E-state index contributed by atoms with van der Waals surface area (Å²) in [5, 5.41) is 11.7. The van der Waals surface area contributed by atoms with Crippen molar-refractivity contribution in [2.75, 3.05) is 5.32 Å². The van der Waals surface area contributed by atoms with Gasteiger partial charge in [0.25, 0.3) is 5.91 Å². The van der Waals surface area contributed by atoms with E-state index in [9.17, 15) is 9.59 Å². The van der Waals surface area contributed by atoms with Gasteiger partial charge in [-0.3, -0.25) is 9.78 Å². The lowest BCUT2D eigenvalue weighted by Gasteiger charge is -2.07. The van der Waals surface area contributed by atoms with Gasteiger partial charge >= 0.3 is 5.97 Å². The number of carbonyl (C=O) groups is 2. The van der Waals surface area contributed by atoms with Crippen LogP contribution in [0.1, 0.15) is 20.7 Å². The first-order valence-corrected chi connectivity index (χ1v) is 5.70. The molecule has 1 aromatic heterocycles. The van der Waals surface area contributed by atoms with E-state index >= 15 is 0 Å². The van der Waals surface area contributed by atoms with Crippen LogP contribution in [0.15, 0.2) is 42.7 Å². The van der Waals surface area contributed by atoms with Crippen LogP contribution < -0.4 is 5.32 Å². The summed E-state index contributed by atoms with van der Waals surface area (Å²) in [5.41, 5.74) is 0.653. The summed E-state index contributed by atoms with van der Waals surface area (Å²) in [4.78, 5) is 26.6. The van der Waals surface area contributed by atoms with Crippen molar-refractivity contribution in [2.24, 2.45) is 0 Å². The van der Waals surface area contributed by atoms with Gasteiger partial charge in [0.2, 0.25) is 0 Å². The normalized spacial score (nSPS) is 9.95. The topological polar surface area (TPSA) is 79.3 Å². The van der Waals surface area contributed by atoms with Crippen LogP contribution in [0.4, 0.5) is 5.69 Å². The zero-order valence-corrected chi connectivity index (χ0v) is 10.4. The van der Waals surface area contributed by atoms with Gasteiger partial charge in [-0.25, -0.2) is 4.79 Å². The lowest BCUT2D eigenvalue weighted by molar-refractivity contribution is 0.0696. The summed E-state index contributed by atoms with van der Waals surface area (Å²) in [6, 6.07) is 7.31. The number of aromatic nitrogens is 1. The van der Waals surface area contributed by atoms with Gasteiger partial charge in [0, 0.05) is 12.4 Å². The molecule has 2 aromatic rings. The Morgan fingerprint density at radius 1 is 1.21 bits per heavy atom. The number of aromatic carboxylic acids is 1. The molecule has 2 rings (SSSR count). The number of halogens is 1. The second kappa shape index (κ2) is 5.49. The highest BCUT2D eigenvalue weighted by Gasteiger charge is 2.11. The fourth-order valence-corrected chi connectivity index (χ4v) is 1.61. The zero-order chi connectivity index (χ0) is 13.8. The molecule has 0 fully saturated rings. The minimum atomic E-state index is -1.09. The van der Waals surface area contributed by atoms with E-state index in [1.807, 2.05) is 0 Å². The number of carboxylic acid groups (broad SMARTS) is 1. The Morgan fingerprint density at radius 3 is 2.63 bits per heavy atom. The van der Waals surface area contributed by atoms with E-state index in [-0.39, 0.29) is 16.3 Å². The van der Waals surface area contributed by atoms with Crippen molar-refractivity contribution in [1.29, 1.82) is 0 Å². The minimum absolute atomic E-state index is 0.0471. The fourth-order valence-electron chi connectivity index (χ4n) is 1.45. The molecule has 0 aliphatic rings. The van der Waals surface area contributed by atoms with Gasteiger partial charge in [0.15, 0.2) is 0 Å². The Bertz CT molecular complexity index is 629. The Morgan fingerprint density at radius 2 is 2.00 bits per heavy atom. The molecule has 0 spiro atoms. The number of amides is 1. The predicted octanol–water partition coefficient (Wildman–Crippen LogP) is 2.69. The molecule has 2 N–H and O–H groups in total. The largest absolute Gasteiger partial charge is 0.478 e. The SMILES string of the molecule is O=C(O)c1ccc(Cl)c(NC(=O)c2cccnc2)c1. The molecule has 0 aliphatic heterocycles. The Balaban J connectivity index is 2.26. The Labute approximate surface area is 113 Å². The molecule has 96 valence electrons. The molecular formula is C13H9ClN2O3. The molecule has 19 heavy (non-hydrogen) atoms. The average Bonchev–Trinajstić information content (AvgIpc) is 2.42. The summed E-state index contributed by atoms with van der Waals surface area (Å²) >= 11 is 5.91. The van der Waals surface area contributed by atoms with Gasteiger partial charge in [0.1, 0.15) is 0 Å². The van der Waals surface area contributed by atoms with Crippen LogP contribution in [-0.4, -0.2) is 22.0 Å². The lowest BCUT2D eigenvalue weighted by Crippen LogP contribution is -2.13. The summed E-state index contributed by atoms with van der Waals surface area (Å²) in [6.45, 7) is 0. The van der Waals surface area contributed by atoms with E-state index in [1.54, 1.807) is 18.3 Å². The van der Waals surface area contributed by atoms with Gasteiger partial charge in [0.05, 0.1) is 21.8 Å². The summed E-state index contributed by atoms with van der Waals surface area (Å²) in [6.07, 6.45) is 2.96. The van der Waals surface area contributed by atoms with Gasteiger partial charge in [-0.1, -0.05) is 11.6 Å². The second-order valence-corrected chi connectivity index (χ2v) is 4.10. The summed E-state index contributed by atoms with van der Waals surface area (Å²) < 4.78 is 0. The van der Waals surface area contributed by atoms with Gasteiger partial charge in [-0.05, 0) is 30.3 Å². The van der Waals surface area contributed by atoms with Gasteiger partial charge < -0.3 is 10.4 Å². The molecule has 1 heterocycles. The smallest absolute Gasteiger partial charge is 0.335 e. The van der Waals surface area contributed by atoms with E-state index in [0.29, 0.717) is 5.56 Å². The molecular weight excluding hydrogens is 268 g/mol. The maximum Gasteiger partial charge on any atom is 0.335 e. The molecule has 5 nitrogen and oxygen atoms in total. The first kappa shape index (κ1) is 13.0. The van der Waals surface area contributed by atoms with Crippen molar-refractivity contribution in [3.63, 3.8) is 0 Å². The highest BCUT2D eigenvalue weighted by atomic mass is 35.5. The molecule has 0 radical (unpaired) electrons. The molecule has 0 atom stereocenters. The van der Waals surface area contributed by atoms with Crippen LogP contribution in [0.3, 0.4) is 0 Å². The maximum absolute atomic E-state index is 11.9. The summed E-state index contributed by atoms with van der Waals surface area (Å²) in [5.74, 6) is -1.49. The molecule has 0 unspecified atom stereocenters. The molecule has 1 amide bonds. The standard InChI is InChI=1S/C13H9ClN2O3/c14-10-4-3-8(13(18)19)6-11(10)16-12(17)9-2-1-5-15-7-9/h1-7H,(H,16,17)(H,18,19). The first-order valence-electron chi connectivity index (χ1n) is 5.32. The van der Waals surface area contributed by atoms with Gasteiger partial charge in [-0.15, -0.1) is 0 Å². The Hall–Kier alpha value is -2.40. The predicted molar refractivity (Wildman–Crippen MR) is 70.6 cm³/mol. The van der Waals surface area contributed by atoms with Crippen LogP contribution in [0.2, 0.25) is 5.02 Å². The number of benzene rings is 1. The van der Waals surface area contributed by atoms with Crippen molar-refractivity contribution in [3.05, 3.63) is 58.9 Å². The fraction of sp³-hybridized carbons (Fsp3) is 0. The van der Waals surface area contributed by atoms with E-state index < -0.39 is 11.9 Å². The first-order chi connectivity index (χ1) is 9.08. The second-order valence-electron chi connectivity index (χ2n) is 3.70. The van der Waals surface area contributed by atoms with Gasteiger partial charge in [-0.2, -0.15) is 0 Å². The molecule has 0 bridgehead atoms. The molecule has 0 aliphatic carbocycles.